The van der Waals surface area contributed by atoms with Crippen molar-refractivity contribution in [2.24, 2.45) is 0 Å². The van der Waals surface area contributed by atoms with Crippen LogP contribution in [0.4, 0.5) is 0 Å². The Morgan fingerprint density at radius 1 is 0.641 bits per heavy atom. The van der Waals surface area contributed by atoms with Gasteiger partial charge in [0.2, 0.25) is 5.91 Å². The number of nitrogens with one attached hydrogen (secondary N) is 1. The summed E-state index contributed by atoms with van der Waals surface area (Å²) in [5, 5.41) is 55.3. The predicted molar refractivity (Wildman–Crippen MR) is 256 cm³/mol. The van der Waals surface area contributed by atoms with Crippen molar-refractivity contribution in [2.75, 3.05) is 13.2 Å². The molecule has 0 aromatic rings. The summed E-state index contributed by atoms with van der Waals surface area (Å²) in [6, 6.07) is -1.14. The highest BCUT2D eigenvalue weighted by Gasteiger charge is 2.48. The van der Waals surface area contributed by atoms with E-state index in [0.717, 1.165) is 70.6 Å². The van der Waals surface area contributed by atoms with Crippen LogP contribution in [0.5, 0.6) is 0 Å². The van der Waals surface area contributed by atoms with Gasteiger partial charge < -0.3 is 40.3 Å². The molecule has 8 unspecified atom stereocenters. The molecule has 1 aliphatic heterocycles. The lowest BCUT2D eigenvalue weighted by Crippen LogP contribution is -2.61. The van der Waals surface area contributed by atoms with E-state index in [2.05, 4.69) is 59.8 Å². The fourth-order valence-corrected chi connectivity index (χ4v) is 8.19. The molecule has 0 spiro atoms. The Balaban J connectivity index is 2.58. The zero-order valence-electron chi connectivity index (χ0n) is 39.7. The van der Waals surface area contributed by atoms with Crippen LogP contribution in [-0.4, -0.2) is 107 Å². The largest absolute Gasteiger partial charge is 0.397 e. The number of aliphatic hydroxyl groups is 5. The first-order chi connectivity index (χ1) is 30.9. The summed E-state index contributed by atoms with van der Waals surface area (Å²) in [5.41, 5.74) is 0. The van der Waals surface area contributed by atoms with Gasteiger partial charge in [-0.2, -0.15) is 8.42 Å². The molecular formula is C50H91NO12S. The topological polar surface area (TPSA) is 212 Å². The lowest BCUT2D eigenvalue weighted by atomic mass is 9.99. The number of hydrogen-bond acceptors (Lipinski definition) is 11. The van der Waals surface area contributed by atoms with Crippen molar-refractivity contribution in [3.63, 3.8) is 0 Å². The number of ether oxygens (including phenoxy) is 2. The maximum atomic E-state index is 13.1. The van der Waals surface area contributed by atoms with Crippen molar-refractivity contribution in [1.82, 2.24) is 5.32 Å². The van der Waals surface area contributed by atoms with E-state index in [1.54, 1.807) is 6.08 Å². The van der Waals surface area contributed by atoms with Crippen LogP contribution in [0.3, 0.4) is 0 Å². The van der Waals surface area contributed by atoms with E-state index < -0.39 is 78.5 Å². The molecule has 0 saturated carbocycles. The minimum absolute atomic E-state index is 0.223. The molecule has 0 aromatic carbocycles. The molecule has 1 fully saturated rings. The third kappa shape index (κ3) is 31.9. The van der Waals surface area contributed by atoms with Crippen LogP contribution in [-0.2, 0) is 28.9 Å². The van der Waals surface area contributed by atoms with Crippen molar-refractivity contribution >= 4 is 16.3 Å². The maximum Gasteiger partial charge on any atom is 0.397 e. The first-order valence-corrected chi connectivity index (χ1v) is 26.5. The van der Waals surface area contributed by atoms with Crippen molar-refractivity contribution in [3.8, 4) is 0 Å². The number of hydrogen-bond donors (Lipinski definition) is 7. The summed E-state index contributed by atoms with van der Waals surface area (Å²) >= 11 is 0. The molecule has 0 bridgehead atoms. The van der Waals surface area contributed by atoms with Gasteiger partial charge in [0.1, 0.15) is 30.5 Å². The van der Waals surface area contributed by atoms with Crippen LogP contribution in [0.2, 0.25) is 0 Å². The van der Waals surface area contributed by atoms with E-state index in [0.29, 0.717) is 12.8 Å². The van der Waals surface area contributed by atoms with E-state index in [-0.39, 0.29) is 6.42 Å². The average Bonchev–Trinajstić information content (AvgIpc) is 3.27. The van der Waals surface area contributed by atoms with Crippen molar-refractivity contribution in [1.29, 1.82) is 0 Å². The minimum Gasteiger partial charge on any atom is -0.394 e. The predicted octanol–water partition coefficient (Wildman–Crippen LogP) is 9.41. The van der Waals surface area contributed by atoms with E-state index in [4.69, 9.17) is 9.47 Å². The van der Waals surface area contributed by atoms with Crippen LogP contribution < -0.4 is 5.32 Å². The average molecular weight is 930 g/mol. The molecule has 0 aromatic heterocycles. The quantitative estimate of drug-likeness (QED) is 0.0173. The van der Waals surface area contributed by atoms with Gasteiger partial charge in [-0.05, 0) is 64.2 Å². The van der Waals surface area contributed by atoms with Gasteiger partial charge in [-0.15, -0.1) is 0 Å². The SMILES string of the molecule is CCCCC/C=C\C/C=C\CCCCCCCCC(O)C(=O)NC(COC1OC(CO)C(O)C(OS(=O)(=O)O)C1O)C(O)/C=C/CC/C=C/CCCCCCCCCCCCCCC. The third-order valence-electron chi connectivity index (χ3n) is 11.7. The maximum absolute atomic E-state index is 13.1. The molecular weight excluding hydrogens is 839 g/mol. The van der Waals surface area contributed by atoms with Crippen LogP contribution in [0.25, 0.3) is 0 Å². The summed E-state index contributed by atoms with van der Waals surface area (Å²) in [5.74, 6) is -0.721. The van der Waals surface area contributed by atoms with Crippen molar-refractivity contribution < 1.29 is 57.0 Å². The highest BCUT2D eigenvalue weighted by atomic mass is 32.3. The number of unbranched alkanes of at least 4 members (excludes halogenated alkanes) is 23. The fraction of sp³-hybridized carbons (Fsp3) is 0.820. The van der Waals surface area contributed by atoms with Gasteiger partial charge in [-0.25, -0.2) is 4.18 Å². The number of carbonyl (C=O) groups excluding carboxylic acids is 1. The highest BCUT2D eigenvalue weighted by molar-refractivity contribution is 7.80. The van der Waals surface area contributed by atoms with Gasteiger partial charge in [-0.1, -0.05) is 184 Å². The smallest absolute Gasteiger partial charge is 0.394 e. The Morgan fingerprint density at radius 2 is 1.09 bits per heavy atom. The second kappa shape index (κ2) is 40.1. The Hall–Kier alpha value is -1.98. The Kier molecular flexibility index (Phi) is 37.6. The fourth-order valence-electron chi connectivity index (χ4n) is 7.68. The van der Waals surface area contributed by atoms with Gasteiger partial charge in [0, 0.05) is 0 Å². The monoisotopic (exact) mass is 930 g/mol. The molecule has 13 nitrogen and oxygen atoms in total. The van der Waals surface area contributed by atoms with Gasteiger partial charge in [0.25, 0.3) is 0 Å². The number of aliphatic hydroxyl groups excluding tert-OH is 5. The second-order valence-electron chi connectivity index (χ2n) is 17.5. The van der Waals surface area contributed by atoms with E-state index in [9.17, 15) is 43.3 Å². The Bertz CT molecular complexity index is 1340. The van der Waals surface area contributed by atoms with Crippen LogP contribution >= 0.6 is 0 Å². The molecule has 0 aliphatic carbocycles. The Morgan fingerprint density at radius 3 is 1.62 bits per heavy atom. The van der Waals surface area contributed by atoms with Gasteiger partial charge >= 0.3 is 10.4 Å². The van der Waals surface area contributed by atoms with E-state index >= 15 is 0 Å². The number of amides is 1. The molecule has 1 amide bonds. The molecule has 1 aliphatic rings. The summed E-state index contributed by atoms with van der Waals surface area (Å²) in [6.45, 7) is 3.18. The zero-order valence-corrected chi connectivity index (χ0v) is 40.5. The molecule has 7 N–H and O–H groups in total. The van der Waals surface area contributed by atoms with Crippen molar-refractivity contribution in [2.45, 2.75) is 249 Å². The molecule has 374 valence electrons. The summed E-state index contributed by atoms with van der Waals surface area (Å²) in [6.07, 6.45) is 37.6. The standard InChI is InChI=1S/C50H91NO12S/c1-3-5-7-9-11-13-15-17-19-21-22-23-25-26-28-30-32-34-36-38-43(53)42(41-61-50-47(56)48(63-64(58,59)60)46(55)45(40-52)62-50)51-49(57)44(54)39-37-35-33-31-29-27-24-20-18-16-14-12-10-8-6-4-2/h12,14,18,20,28,30,36,38,42-48,50,52-56H,3-11,13,15-17,19,21-27,29,31-35,37,39-41H2,1-2H3,(H,51,57)(H,58,59,60)/b14-12-,20-18-,30-28+,38-36+. The van der Waals surface area contributed by atoms with Gasteiger partial charge in [0.05, 0.1) is 25.4 Å². The molecule has 8 atom stereocenters. The summed E-state index contributed by atoms with van der Waals surface area (Å²) < 4.78 is 47.6. The minimum atomic E-state index is -5.13. The molecule has 1 heterocycles. The summed E-state index contributed by atoms with van der Waals surface area (Å²) in [4.78, 5) is 13.1. The lowest BCUT2D eigenvalue weighted by Gasteiger charge is -2.41. The molecule has 0 radical (unpaired) electrons. The number of carbonyl (C=O) groups is 1. The number of allylic oxidation sites excluding steroid dienone is 7. The third-order valence-corrected chi connectivity index (χ3v) is 12.2. The first-order valence-electron chi connectivity index (χ1n) is 25.1. The van der Waals surface area contributed by atoms with Crippen LogP contribution in [0.15, 0.2) is 48.6 Å². The van der Waals surface area contributed by atoms with Gasteiger partial charge in [0.15, 0.2) is 6.29 Å². The molecule has 1 saturated heterocycles. The van der Waals surface area contributed by atoms with E-state index in [1.165, 1.54) is 102 Å². The van der Waals surface area contributed by atoms with Gasteiger partial charge in [-0.3, -0.25) is 9.35 Å². The molecule has 1 rings (SSSR count). The zero-order chi connectivity index (χ0) is 47.1. The molecule has 64 heavy (non-hydrogen) atoms. The normalized spacial score (nSPS) is 21.2. The lowest BCUT2D eigenvalue weighted by molar-refractivity contribution is -0.298. The van der Waals surface area contributed by atoms with Crippen molar-refractivity contribution in [3.05, 3.63) is 48.6 Å². The molecule has 14 heteroatoms. The number of rotatable bonds is 42. The van der Waals surface area contributed by atoms with Crippen LogP contribution in [0, 0.1) is 0 Å². The van der Waals surface area contributed by atoms with Crippen LogP contribution in [0.1, 0.15) is 200 Å². The highest BCUT2D eigenvalue weighted by Crippen LogP contribution is 2.26. The summed E-state index contributed by atoms with van der Waals surface area (Å²) in [7, 11) is -5.13. The second-order valence-corrected chi connectivity index (χ2v) is 18.6. The first kappa shape index (κ1) is 60.0. The Labute approximate surface area is 388 Å². The van der Waals surface area contributed by atoms with E-state index in [1.807, 2.05) is 0 Å².